The van der Waals surface area contributed by atoms with Gasteiger partial charge in [0.2, 0.25) is 0 Å². The van der Waals surface area contributed by atoms with Crippen molar-refractivity contribution in [3.8, 4) is 11.8 Å². The summed E-state index contributed by atoms with van der Waals surface area (Å²) in [5, 5.41) is 15.6. The summed E-state index contributed by atoms with van der Waals surface area (Å²) in [5.74, 6) is 1.10. The largest absolute Gasteiger partial charge is 0.481 e. The standard InChI is InChI=1S/C17H20N4O2/c1-11(2)13-5-7-15(8-6-13)23-12(3)17(22)20-16-14(9-18)10-19-21(16)4/h5-8,10-12H,1-4H3,(H,20,22). The zero-order valence-electron chi connectivity index (χ0n) is 13.7. The van der Waals surface area contributed by atoms with E-state index in [0.717, 1.165) is 0 Å². The number of ether oxygens (including phenoxy) is 1. The van der Waals surface area contributed by atoms with Crippen LogP contribution in [0.5, 0.6) is 5.75 Å². The molecule has 6 nitrogen and oxygen atoms in total. The van der Waals surface area contributed by atoms with Crippen LogP contribution in [-0.4, -0.2) is 21.8 Å². The van der Waals surface area contributed by atoms with Gasteiger partial charge in [-0.1, -0.05) is 26.0 Å². The van der Waals surface area contributed by atoms with Crippen LogP contribution in [-0.2, 0) is 11.8 Å². The van der Waals surface area contributed by atoms with Gasteiger partial charge in [0.25, 0.3) is 5.91 Å². The minimum atomic E-state index is -0.693. The number of nitriles is 1. The first-order valence-electron chi connectivity index (χ1n) is 7.42. The van der Waals surface area contributed by atoms with E-state index >= 15 is 0 Å². The van der Waals surface area contributed by atoms with E-state index in [1.807, 2.05) is 30.3 Å². The summed E-state index contributed by atoms with van der Waals surface area (Å²) in [6.45, 7) is 5.90. The summed E-state index contributed by atoms with van der Waals surface area (Å²) in [5.41, 5.74) is 1.53. The molecule has 0 fully saturated rings. The number of hydrogen-bond acceptors (Lipinski definition) is 4. The van der Waals surface area contributed by atoms with Crippen molar-refractivity contribution in [1.29, 1.82) is 5.26 Å². The maximum Gasteiger partial charge on any atom is 0.266 e. The van der Waals surface area contributed by atoms with E-state index in [9.17, 15) is 4.79 Å². The highest BCUT2D eigenvalue weighted by Gasteiger charge is 2.18. The Morgan fingerprint density at radius 3 is 2.52 bits per heavy atom. The Kier molecular flexibility index (Phi) is 5.02. The average Bonchev–Trinajstić information content (AvgIpc) is 2.88. The first-order chi connectivity index (χ1) is 10.9. The Balaban J connectivity index is 2.02. The topological polar surface area (TPSA) is 79.9 Å². The Morgan fingerprint density at radius 2 is 1.96 bits per heavy atom. The van der Waals surface area contributed by atoms with Crippen molar-refractivity contribution in [2.24, 2.45) is 7.05 Å². The zero-order valence-corrected chi connectivity index (χ0v) is 13.7. The van der Waals surface area contributed by atoms with Gasteiger partial charge < -0.3 is 10.1 Å². The van der Waals surface area contributed by atoms with Gasteiger partial charge in [0.1, 0.15) is 23.2 Å². The average molecular weight is 312 g/mol. The van der Waals surface area contributed by atoms with Crippen LogP contribution in [0, 0.1) is 11.3 Å². The molecule has 2 rings (SSSR count). The molecule has 1 atom stereocenters. The highest BCUT2D eigenvalue weighted by molar-refractivity contribution is 5.94. The molecule has 0 spiro atoms. The number of nitrogens with one attached hydrogen (secondary N) is 1. The summed E-state index contributed by atoms with van der Waals surface area (Å²) in [6.07, 6.45) is 0.715. The molecule has 1 aromatic heterocycles. The first kappa shape index (κ1) is 16.6. The van der Waals surface area contributed by atoms with E-state index in [1.165, 1.54) is 16.4 Å². The summed E-state index contributed by atoms with van der Waals surface area (Å²) in [6, 6.07) is 9.66. The van der Waals surface area contributed by atoms with Crippen LogP contribution in [0.4, 0.5) is 5.82 Å². The lowest BCUT2D eigenvalue weighted by Crippen LogP contribution is -2.31. The minimum absolute atomic E-state index is 0.314. The number of benzene rings is 1. The Morgan fingerprint density at radius 1 is 1.30 bits per heavy atom. The van der Waals surface area contributed by atoms with Gasteiger partial charge in [-0.3, -0.25) is 9.48 Å². The Labute approximate surface area is 135 Å². The second-order valence-electron chi connectivity index (χ2n) is 5.62. The van der Waals surface area contributed by atoms with Gasteiger partial charge in [-0.05, 0) is 30.5 Å². The number of carbonyl (C=O) groups is 1. The van der Waals surface area contributed by atoms with Crippen molar-refractivity contribution >= 4 is 11.7 Å². The summed E-state index contributed by atoms with van der Waals surface area (Å²) < 4.78 is 7.09. The molecule has 0 radical (unpaired) electrons. The molecule has 0 bridgehead atoms. The lowest BCUT2D eigenvalue weighted by atomic mass is 10.0. The summed E-state index contributed by atoms with van der Waals surface area (Å²) >= 11 is 0. The summed E-state index contributed by atoms with van der Waals surface area (Å²) in [4.78, 5) is 12.2. The molecule has 0 saturated carbocycles. The molecule has 1 aromatic carbocycles. The minimum Gasteiger partial charge on any atom is -0.481 e. The van der Waals surface area contributed by atoms with E-state index in [-0.39, 0.29) is 5.91 Å². The number of anilines is 1. The molecule has 0 aliphatic carbocycles. The molecule has 1 unspecified atom stereocenters. The predicted molar refractivity (Wildman–Crippen MR) is 87.2 cm³/mol. The van der Waals surface area contributed by atoms with E-state index < -0.39 is 6.10 Å². The molecule has 1 N–H and O–H groups in total. The lowest BCUT2D eigenvalue weighted by molar-refractivity contribution is -0.122. The monoisotopic (exact) mass is 312 g/mol. The third-order valence-electron chi connectivity index (χ3n) is 3.53. The first-order valence-corrected chi connectivity index (χ1v) is 7.42. The van der Waals surface area contributed by atoms with Gasteiger partial charge >= 0.3 is 0 Å². The van der Waals surface area contributed by atoms with Crippen LogP contribution in [0.1, 0.15) is 37.8 Å². The van der Waals surface area contributed by atoms with Crippen molar-refractivity contribution < 1.29 is 9.53 Å². The maximum atomic E-state index is 12.2. The molecule has 0 saturated heterocycles. The van der Waals surface area contributed by atoms with Crippen LogP contribution < -0.4 is 10.1 Å². The van der Waals surface area contributed by atoms with E-state index in [0.29, 0.717) is 23.0 Å². The molecule has 2 aromatic rings. The van der Waals surface area contributed by atoms with Crippen molar-refractivity contribution in [3.63, 3.8) is 0 Å². The van der Waals surface area contributed by atoms with Crippen LogP contribution in [0.15, 0.2) is 30.5 Å². The fourth-order valence-electron chi connectivity index (χ4n) is 2.07. The van der Waals surface area contributed by atoms with Crippen LogP contribution >= 0.6 is 0 Å². The second-order valence-corrected chi connectivity index (χ2v) is 5.62. The van der Waals surface area contributed by atoms with Gasteiger partial charge in [0.05, 0.1) is 6.20 Å². The Bertz CT molecular complexity index is 726. The van der Waals surface area contributed by atoms with Gasteiger partial charge in [-0.2, -0.15) is 10.4 Å². The summed E-state index contributed by atoms with van der Waals surface area (Å²) in [7, 11) is 1.66. The predicted octanol–water partition coefficient (Wildman–Crippen LogP) is 2.82. The fourth-order valence-corrected chi connectivity index (χ4v) is 2.07. The molecule has 23 heavy (non-hydrogen) atoms. The number of carbonyl (C=O) groups excluding carboxylic acids is 1. The normalized spacial score (nSPS) is 11.8. The number of aryl methyl sites for hydroxylation is 1. The third-order valence-corrected chi connectivity index (χ3v) is 3.53. The number of rotatable bonds is 5. The SMILES string of the molecule is CC(Oc1ccc(C(C)C)cc1)C(=O)Nc1c(C#N)cnn1C. The van der Waals surface area contributed by atoms with Crippen LogP contribution in [0.3, 0.4) is 0 Å². The zero-order chi connectivity index (χ0) is 17.0. The molecular weight excluding hydrogens is 292 g/mol. The molecule has 6 heteroatoms. The van der Waals surface area contributed by atoms with Crippen LogP contribution in [0.2, 0.25) is 0 Å². The van der Waals surface area contributed by atoms with Crippen molar-refractivity contribution in [2.75, 3.05) is 5.32 Å². The van der Waals surface area contributed by atoms with E-state index in [4.69, 9.17) is 10.00 Å². The van der Waals surface area contributed by atoms with Gasteiger partial charge in [-0.25, -0.2) is 0 Å². The maximum absolute atomic E-state index is 12.2. The smallest absolute Gasteiger partial charge is 0.266 e. The van der Waals surface area contributed by atoms with E-state index in [1.54, 1.807) is 14.0 Å². The molecule has 1 heterocycles. The number of aromatic nitrogens is 2. The number of hydrogen-bond donors (Lipinski definition) is 1. The molecule has 0 aliphatic heterocycles. The number of amides is 1. The van der Waals surface area contributed by atoms with Crippen molar-refractivity contribution in [1.82, 2.24) is 9.78 Å². The molecule has 1 amide bonds. The highest BCUT2D eigenvalue weighted by Crippen LogP contribution is 2.20. The lowest BCUT2D eigenvalue weighted by Gasteiger charge is -2.15. The van der Waals surface area contributed by atoms with E-state index in [2.05, 4.69) is 24.3 Å². The van der Waals surface area contributed by atoms with Gasteiger partial charge in [0.15, 0.2) is 6.10 Å². The van der Waals surface area contributed by atoms with Crippen LogP contribution in [0.25, 0.3) is 0 Å². The van der Waals surface area contributed by atoms with Crippen molar-refractivity contribution in [3.05, 3.63) is 41.6 Å². The second kappa shape index (κ2) is 6.97. The van der Waals surface area contributed by atoms with Crippen molar-refractivity contribution in [2.45, 2.75) is 32.8 Å². The third kappa shape index (κ3) is 3.89. The molecule has 120 valence electrons. The Hall–Kier alpha value is -2.81. The molecular formula is C17H20N4O2. The highest BCUT2D eigenvalue weighted by atomic mass is 16.5. The fraction of sp³-hybridized carbons (Fsp3) is 0.353. The van der Waals surface area contributed by atoms with Gasteiger partial charge in [0, 0.05) is 7.05 Å². The number of nitrogens with zero attached hydrogens (tertiary/aromatic N) is 3. The van der Waals surface area contributed by atoms with Gasteiger partial charge in [-0.15, -0.1) is 0 Å². The molecule has 0 aliphatic rings. The quantitative estimate of drug-likeness (QED) is 0.920.